The minimum Gasteiger partial charge on any atom is -0.396 e. The van der Waals surface area contributed by atoms with E-state index in [1.807, 2.05) is 25.1 Å². The molecule has 0 heterocycles. The van der Waals surface area contributed by atoms with E-state index in [0.29, 0.717) is 5.75 Å². The number of amides is 1. The number of rotatable bonds is 9. The fourth-order valence-electron chi connectivity index (χ4n) is 1.79. The van der Waals surface area contributed by atoms with Crippen LogP contribution >= 0.6 is 11.8 Å². The molecule has 0 aliphatic heterocycles. The minimum atomic E-state index is 0.0866. The predicted molar refractivity (Wildman–Crippen MR) is 81.4 cm³/mol. The smallest absolute Gasteiger partial charge is 0.230 e. The number of thioether (sulfide) groups is 1. The van der Waals surface area contributed by atoms with E-state index in [9.17, 15) is 4.79 Å². The third-order valence-electron chi connectivity index (χ3n) is 2.81. The highest BCUT2D eigenvalue weighted by Gasteiger charge is 2.06. The van der Waals surface area contributed by atoms with Crippen molar-refractivity contribution in [2.24, 2.45) is 0 Å². The summed E-state index contributed by atoms with van der Waals surface area (Å²) in [4.78, 5) is 11.6. The highest BCUT2D eigenvalue weighted by molar-refractivity contribution is 7.99. The first-order chi connectivity index (χ1) is 9.22. The fourth-order valence-corrected chi connectivity index (χ4v) is 2.58. The van der Waals surface area contributed by atoms with Gasteiger partial charge in [-0.05, 0) is 37.5 Å². The third kappa shape index (κ3) is 7.90. The van der Waals surface area contributed by atoms with E-state index >= 15 is 0 Å². The minimum absolute atomic E-state index is 0.0866. The Labute approximate surface area is 119 Å². The Morgan fingerprint density at radius 1 is 1.37 bits per heavy atom. The molecule has 0 aliphatic rings. The van der Waals surface area contributed by atoms with Gasteiger partial charge in [0.15, 0.2) is 0 Å². The number of hydrogen-bond donors (Lipinski definition) is 2. The van der Waals surface area contributed by atoms with Crippen LogP contribution in [0.5, 0.6) is 0 Å². The summed E-state index contributed by atoms with van der Waals surface area (Å²) in [6.07, 6.45) is 2.57. The van der Waals surface area contributed by atoms with Gasteiger partial charge >= 0.3 is 0 Å². The maximum absolute atomic E-state index is 11.6. The normalized spacial score (nSPS) is 12.1. The van der Waals surface area contributed by atoms with Crippen LogP contribution in [-0.2, 0) is 11.2 Å². The molecule has 1 atom stereocenters. The lowest BCUT2D eigenvalue weighted by Crippen LogP contribution is -2.34. The molecule has 0 radical (unpaired) electrons. The molecule has 1 aromatic carbocycles. The molecule has 4 heteroatoms. The Bertz CT molecular complexity index is 356. The lowest BCUT2D eigenvalue weighted by atomic mass is 10.2. The third-order valence-corrected chi connectivity index (χ3v) is 3.77. The van der Waals surface area contributed by atoms with Gasteiger partial charge < -0.3 is 10.4 Å². The van der Waals surface area contributed by atoms with Crippen LogP contribution in [0.1, 0.15) is 25.3 Å². The summed E-state index contributed by atoms with van der Waals surface area (Å²) in [6.45, 7) is 2.16. The van der Waals surface area contributed by atoms with Crippen LogP contribution in [0.4, 0.5) is 0 Å². The fraction of sp³-hybridized carbons (Fsp3) is 0.533. The van der Waals surface area contributed by atoms with Crippen LogP contribution < -0.4 is 5.32 Å². The van der Waals surface area contributed by atoms with Crippen molar-refractivity contribution in [3.8, 4) is 0 Å². The number of hydrogen-bond acceptors (Lipinski definition) is 3. The number of nitrogens with one attached hydrogen (secondary N) is 1. The van der Waals surface area contributed by atoms with Gasteiger partial charge in [-0.2, -0.15) is 11.8 Å². The Morgan fingerprint density at radius 2 is 2.11 bits per heavy atom. The summed E-state index contributed by atoms with van der Waals surface area (Å²) in [5.41, 5.74) is 1.31. The van der Waals surface area contributed by atoms with E-state index in [4.69, 9.17) is 5.11 Å². The first-order valence-electron chi connectivity index (χ1n) is 6.74. The molecule has 19 heavy (non-hydrogen) atoms. The number of aliphatic hydroxyl groups is 1. The molecule has 1 amide bonds. The van der Waals surface area contributed by atoms with Crippen LogP contribution in [0, 0.1) is 0 Å². The van der Waals surface area contributed by atoms with E-state index in [0.717, 1.165) is 25.0 Å². The molecular weight excluding hydrogens is 258 g/mol. The molecular formula is C15H23NO2S. The average Bonchev–Trinajstić information content (AvgIpc) is 2.42. The molecule has 0 bridgehead atoms. The Kier molecular flexibility index (Phi) is 8.34. The summed E-state index contributed by atoms with van der Waals surface area (Å²) < 4.78 is 0. The molecule has 1 rings (SSSR count). The topological polar surface area (TPSA) is 49.3 Å². The van der Waals surface area contributed by atoms with Crippen molar-refractivity contribution in [1.29, 1.82) is 0 Å². The summed E-state index contributed by atoms with van der Waals surface area (Å²) in [6, 6.07) is 10.5. The van der Waals surface area contributed by atoms with Crippen LogP contribution in [0.3, 0.4) is 0 Å². The summed E-state index contributed by atoms with van der Waals surface area (Å²) in [7, 11) is 0. The van der Waals surface area contributed by atoms with Crippen LogP contribution in [0.25, 0.3) is 0 Å². The summed E-state index contributed by atoms with van der Waals surface area (Å²) in [5, 5.41) is 11.7. The van der Waals surface area contributed by atoms with Crippen molar-refractivity contribution in [1.82, 2.24) is 5.32 Å². The van der Waals surface area contributed by atoms with Gasteiger partial charge in [-0.15, -0.1) is 0 Å². The SMILES string of the molecule is CC(CCCO)NC(=O)CSCCc1ccccc1. The molecule has 3 nitrogen and oxygen atoms in total. The van der Waals surface area contributed by atoms with Gasteiger partial charge in [-0.3, -0.25) is 4.79 Å². The zero-order valence-corrected chi connectivity index (χ0v) is 12.3. The van der Waals surface area contributed by atoms with Crippen molar-refractivity contribution >= 4 is 17.7 Å². The van der Waals surface area contributed by atoms with E-state index in [2.05, 4.69) is 17.4 Å². The Hall–Kier alpha value is -1.00. The first-order valence-corrected chi connectivity index (χ1v) is 7.89. The van der Waals surface area contributed by atoms with E-state index in [-0.39, 0.29) is 18.6 Å². The largest absolute Gasteiger partial charge is 0.396 e. The number of aliphatic hydroxyl groups excluding tert-OH is 1. The first kappa shape index (κ1) is 16.1. The van der Waals surface area contributed by atoms with Gasteiger partial charge in [0.25, 0.3) is 0 Å². The van der Waals surface area contributed by atoms with Crippen molar-refractivity contribution in [2.45, 2.75) is 32.2 Å². The molecule has 0 aromatic heterocycles. The van der Waals surface area contributed by atoms with E-state index in [1.165, 1.54) is 5.56 Å². The standard InChI is InChI=1S/C15H23NO2S/c1-13(6-5-10-17)16-15(18)12-19-11-9-14-7-3-2-4-8-14/h2-4,7-8,13,17H,5-6,9-12H2,1H3,(H,16,18). The molecule has 0 saturated heterocycles. The van der Waals surface area contributed by atoms with Gasteiger partial charge in [0.1, 0.15) is 0 Å². The Morgan fingerprint density at radius 3 is 2.79 bits per heavy atom. The number of carbonyl (C=O) groups excluding carboxylic acids is 1. The second kappa shape index (κ2) is 9.87. The number of benzene rings is 1. The number of aryl methyl sites for hydroxylation is 1. The molecule has 0 saturated carbocycles. The van der Waals surface area contributed by atoms with Gasteiger partial charge in [-0.25, -0.2) is 0 Å². The van der Waals surface area contributed by atoms with Crippen LogP contribution in [0.15, 0.2) is 30.3 Å². The van der Waals surface area contributed by atoms with E-state index in [1.54, 1.807) is 11.8 Å². The summed E-state index contributed by atoms with van der Waals surface area (Å²) in [5.74, 6) is 1.56. The average molecular weight is 281 g/mol. The predicted octanol–water partition coefficient (Wildman–Crippen LogP) is 2.24. The van der Waals surface area contributed by atoms with Gasteiger partial charge in [0, 0.05) is 12.6 Å². The maximum atomic E-state index is 11.6. The molecule has 0 fully saturated rings. The monoisotopic (exact) mass is 281 g/mol. The second-order valence-electron chi connectivity index (χ2n) is 4.62. The Balaban J connectivity index is 2.07. The zero-order valence-electron chi connectivity index (χ0n) is 11.5. The van der Waals surface area contributed by atoms with Gasteiger partial charge in [0.05, 0.1) is 5.75 Å². The van der Waals surface area contributed by atoms with Crippen molar-refractivity contribution in [3.63, 3.8) is 0 Å². The quantitative estimate of drug-likeness (QED) is 0.683. The van der Waals surface area contributed by atoms with E-state index < -0.39 is 0 Å². The van der Waals surface area contributed by atoms with Crippen molar-refractivity contribution in [2.75, 3.05) is 18.1 Å². The van der Waals surface area contributed by atoms with Crippen LogP contribution in [-0.4, -0.2) is 35.2 Å². The van der Waals surface area contributed by atoms with Gasteiger partial charge in [-0.1, -0.05) is 30.3 Å². The lowest BCUT2D eigenvalue weighted by molar-refractivity contribution is -0.119. The number of carbonyl (C=O) groups is 1. The van der Waals surface area contributed by atoms with Crippen LogP contribution in [0.2, 0.25) is 0 Å². The maximum Gasteiger partial charge on any atom is 0.230 e. The van der Waals surface area contributed by atoms with Gasteiger partial charge in [0.2, 0.25) is 5.91 Å². The molecule has 0 aliphatic carbocycles. The molecule has 0 spiro atoms. The molecule has 106 valence electrons. The lowest BCUT2D eigenvalue weighted by Gasteiger charge is -2.12. The van der Waals surface area contributed by atoms with Crippen molar-refractivity contribution < 1.29 is 9.90 Å². The highest BCUT2D eigenvalue weighted by atomic mass is 32.2. The highest BCUT2D eigenvalue weighted by Crippen LogP contribution is 2.07. The summed E-state index contributed by atoms with van der Waals surface area (Å²) >= 11 is 1.66. The molecule has 1 aromatic rings. The molecule has 1 unspecified atom stereocenters. The zero-order chi connectivity index (χ0) is 13.9. The van der Waals surface area contributed by atoms with Crippen molar-refractivity contribution in [3.05, 3.63) is 35.9 Å². The second-order valence-corrected chi connectivity index (χ2v) is 5.73. The molecule has 2 N–H and O–H groups in total.